The van der Waals surface area contributed by atoms with Gasteiger partial charge in [-0.3, -0.25) is 9.11 Å². The molecule has 1 aromatic heterocycles. The second-order valence-electron chi connectivity index (χ2n) is 17.3. The van der Waals surface area contributed by atoms with E-state index in [0.29, 0.717) is 16.8 Å². The minimum atomic E-state index is -4.11. The number of nitrogen functional groups attached to an aromatic ring is 1. The van der Waals surface area contributed by atoms with Crippen molar-refractivity contribution in [1.82, 2.24) is 14.8 Å². The van der Waals surface area contributed by atoms with Gasteiger partial charge in [0.2, 0.25) is 0 Å². The van der Waals surface area contributed by atoms with Gasteiger partial charge >= 0.3 is 6.09 Å². The number of carboxylic acid groups (broad SMARTS) is 1. The number of nitrogens with two attached hydrogens (primary N) is 1. The molecule has 3 heterocycles. The molecule has 1 fully saturated rings. The Bertz CT molecular complexity index is 2430. The van der Waals surface area contributed by atoms with Crippen LogP contribution in [0.5, 0.6) is 0 Å². The number of amides is 1. The molecule has 4 aromatic carbocycles. The molecule has 11 nitrogen and oxygen atoms in total. The van der Waals surface area contributed by atoms with E-state index < -0.39 is 43.3 Å². The summed E-state index contributed by atoms with van der Waals surface area (Å²) in [7, 11) is -7.03. The lowest BCUT2D eigenvalue weighted by atomic mass is 9.95. The summed E-state index contributed by atoms with van der Waals surface area (Å²) in [5.74, 6) is -0.496. The van der Waals surface area contributed by atoms with Gasteiger partial charge in [0.1, 0.15) is 5.82 Å². The van der Waals surface area contributed by atoms with Gasteiger partial charge in [0.05, 0.1) is 34.1 Å². The van der Waals surface area contributed by atoms with Crippen LogP contribution in [0.1, 0.15) is 76.6 Å². The number of amidine groups is 1. The summed E-state index contributed by atoms with van der Waals surface area (Å²) < 4.78 is 53.7. The van der Waals surface area contributed by atoms with Crippen LogP contribution in [-0.4, -0.2) is 74.4 Å². The van der Waals surface area contributed by atoms with Crippen LogP contribution in [0.4, 0.5) is 26.4 Å². The lowest BCUT2D eigenvalue weighted by Crippen LogP contribution is -2.66. The minimum Gasteiger partial charge on any atom is -0.465 e. The average molecular weight is 886 g/mol. The molecule has 322 valence electrons. The number of rotatable bonds is 8. The van der Waals surface area contributed by atoms with E-state index in [9.17, 15) is 19.0 Å². The van der Waals surface area contributed by atoms with E-state index in [-0.39, 0.29) is 64.3 Å². The van der Waals surface area contributed by atoms with Gasteiger partial charge in [-0.2, -0.15) is 0 Å². The van der Waals surface area contributed by atoms with Gasteiger partial charge in [0.25, 0.3) is 8.32 Å². The van der Waals surface area contributed by atoms with Gasteiger partial charge in [-0.1, -0.05) is 125 Å². The zero-order valence-electron chi connectivity index (χ0n) is 35.7. The number of aryl methyl sites for hydroxylation is 1. The van der Waals surface area contributed by atoms with Crippen LogP contribution in [0, 0.1) is 12.7 Å². The Balaban J connectivity index is 1.40. The van der Waals surface area contributed by atoms with Crippen LogP contribution < -0.4 is 20.4 Å². The number of aromatic nitrogens is 1. The number of carbonyl (C=O) groups is 1. The van der Waals surface area contributed by atoms with E-state index in [1.165, 1.54) is 21.3 Å². The highest BCUT2D eigenvalue weighted by atomic mass is 35.5. The summed E-state index contributed by atoms with van der Waals surface area (Å²) in [6.45, 7) is 16.9. The third-order valence-electron chi connectivity index (χ3n) is 11.7. The van der Waals surface area contributed by atoms with Crippen LogP contribution in [0.3, 0.4) is 0 Å². The molecule has 2 aliphatic rings. The highest BCUT2D eigenvalue weighted by molar-refractivity contribution is 8.24. The number of nitrogens with zero attached hydrogens (tertiary/aromatic N) is 5. The van der Waals surface area contributed by atoms with Crippen molar-refractivity contribution in [3.8, 4) is 11.3 Å². The standard InChI is InChI=1S/C46H54ClFN6O5SSi/c1-28(2)35-23-32(27-59-61(46(6,7)8,33-16-11-9-12-17-33)34-18-13-10-14-19-34)22-29(3)42(35)54-43-36(24-37(47)41(50-43)40-38(48)20-15-21-39(40)49)44(51-60(54,57)58)52-25-31(5)53(45(55)56)26-30(52)4/h9-24,28,30-31,57-58H,25-27,49H2,1-8H3,(H,55,56). The van der Waals surface area contributed by atoms with Crippen LogP contribution in [0.25, 0.3) is 11.3 Å². The first-order valence-electron chi connectivity index (χ1n) is 20.3. The first kappa shape index (κ1) is 44.1. The van der Waals surface area contributed by atoms with Gasteiger partial charge < -0.3 is 25.1 Å². The topological polar surface area (TPSA) is 148 Å². The summed E-state index contributed by atoms with van der Waals surface area (Å²) >= 11 is 6.97. The quantitative estimate of drug-likeness (QED) is 0.0883. The molecule has 2 atom stereocenters. The average Bonchev–Trinajstić information content (AvgIpc) is 3.19. The van der Waals surface area contributed by atoms with E-state index in [2.05, 4.69) is 73.7 Å². The molecule has 5 aromatic rings. The molecule has 15 heteroatoms. The van der Waals surface area contributed by atoms with Gasteiger partial charge in [-0.15, -0.1) is 4.40 Å². The molecular weight excluding hydrogens is 831 g/mol. The van der Waals surface area contributed by atoms with Crippen molar-refractivity contribution in [1.29, 1.82) is 0 Å². The van der Waals surface area contributed by atoms with E-state index in [0.717, 1.165) is 21.5 Å². The maximum absolute atomic E-state index is 15.6. The predicted molar refractivity (Wildman–Crippen MR) is 249 cm³/mol. The smallest absolute Gasteiger partial charge is 0.407 e. The van der Waals surface area contributed by atoms with Crippen molar-refractivity contribution in [3.05, 3.63) is 130 Å². The van der Waals surface area contributed by atoms with Crippen molar-refractivity contribution in [2.24, 2.45) is 4.40 Å². The van der Waals surface area contributed by atoms with Crippen LogP contribution in [0.2, 0.25) is 10.1 Å². The zero-order chi connectivity index (χ0) is 44.2. The molecule has 0 saturated carbocycles. The first-order valence-corrected chi connectivity index (χ1v) is 24.1. The molecule has 0 aliphatic carbocycles. The van der Waals surface area contributed by atoms with E-state index in [1.807, 2.05) is 56.9 Å². The minimum absolute atomic E-state index is 0.0219. The van der Waals surface area contributed by atoms with Gasteiger partial charge in [0, 0.05) is 30.9 Å². The molecule has 5 N–H and O–H groups in total. The number of piperazine rings is 1. The summed E-state index contributed by atoms with van der Waals surface area (Å²) in [5.41, 5.74) is 9.68. The number of hydrogen-bond acceptors (Lipinski definition) is 9. The van der Waals surface area contributed by atoms with Crippen LogP contribution in [0.15, 0.2) is 101 Å². The Morgan fingerprint density at radius 2 is 1.59 bits per heavy atom. The molecular formula is C46H54ClFN6O5SSi. The fourth-order valence-electron chi connectivity index (χ4n) is 8.85. The predicted octanol–water partition coefficient (Wildman–Crippen LogP) is 10.2. The number of hydrogen-bond donors (Lipinski definition) is 4. The lowest BCUT2D eigenvalue weighted by Gasteiger charge is -2.49. The molecule has 0 bridgehead atoms. The van der Waals surface area contributed by atoms with Gasteiger partial charge in [0.15, 0.2) is 11.7 Å². The Hall–Kier alpha value is -4.96. The number of fused-ring (bicyclic) bond motifs is 1. The molecule has 7 rings (SSSR count). The van der Waals surface area contributed by atoms with Gasteiger partial charge in [-0.05, 0) is 88.0 Å². The van der Waals surface area contributed by atoms with Crippen molar-refractivity contribution in [2.75, 3.05) is 23.1 Å². The molecule has 2 aliphatic heterocycles. The number of pyridine rings is 1. The third kappa shape index (κ3) is 8.01. The molecule has 0 spiro atoms. The third-order valence-corrected chi connectivity index (χ3v) is 18.3. The Morgan fingerprint density at radius 1 is 0.967 bits per heavy atom. The molecule has 1 saturated heterocycles. The highest BCUT2D eigenvalue weighted by Gasteiger charge is 2.50. The number of benzene rings is 4. The molecule has 2 unspecified atom stereocenters. The lowest BCUT2D eigenvalue weighted by molar-refractivity contribution is 0.0750. The number of halogens is 2. The fraction of sp³-hybridized carbons (Fsp3) is 0.326. The maximum atomic E-state index is 15.6. The van der Waals surface area contributed by atoms with E-state index in [4.69, 9.17) is 26.7 Å². The van der Waals surface area contributed by atoms with Crippen molar-refractivity contribution in [2.45, 2.75) is 85.0 Å². The summed E-state index contributed by atoms with van der Waals surface area (Å²) in [6, 6.07) is 29.9. The fourth-order valence-corrected chi connectivity index (χ4v) is 15.0. The summed E-state index contributed by atoms with van der Waals surface area (Å²) in [4.78, 5) is 20.3. The second-order valence-corrected chi connectivity index (χ2v) is 23.6. The van der Waals surface area contributed by atoms with E-state index in [1.54, 1.807) is 19.1 Å². The Morgan fingerprint density at radius 3 is 2.15 bits per heavy atom. The van der Waals surface area contributed by atoms with Crippen molar-refractivity contribution < 1.29 is 27.8 Å². The Labute approximate surface area is 365 Å². The monoisotopic (exact) mass is 884 g/mol. The normalized spacial score (nSPS) is 18.5. The van der Waals surface area contributed by atoms with Crippen LogP contribution in [-0.2, 0) is 11.0 Å². The van der Waals surface area contributed by atoms with Crippen molar-refractivity contribution >= 4 is 70.4 Å². The Kier molecular flexibility index (Phi) is 12.1. The summed E-state index contributed by atoms with van der Waals surface area (Å²) in [6.07, 6.45) is -1.05. The largest absolute Gasteiger partial charge is 0.465 e. The SMILES string of the molecule is Cc1cc(CO[Si](c2ccccc2)(c2ccccc2)C(C)(C)C)cc(C(C)C)c1N1c2nc(-c3c(N)cccc3F)c(Cl)cc2C(N2CC(C)N(C(=O)O)CC2C)=NS1(O)O. The highest BCUT2D eigenvalue weighted by Crippen LogP contribution is 2.59. The molecule has 61 heavy (non-hydrogen) atoms. The van der Waals surface area contributed by atoms with E-state index >= 15 is 4.39 Å². The zero-order valence-corrected chi connectivity index (χ0v) is 38.3. The summed E-state index contributed by atoms with van der Waals surface area (Å²) in [5, 5.41) is 12.0. The first-order chi connectivity index (χ1) is 28.8. The van der Waals surface area contributed by atoms with Crippen molar-refractivity contribution in [3.63, 3.8) is 0 Å². The van der Waals surface area contributed by atoms with Gasteiger partial charge in [-0.25, -0.2) is 18.5 Å². The van der Waals surface area contributed by atoms with Crippen LogP contribution >= 0.6 is 22.6 Å². The second kappa shape index (κ2) is 16.7. The molecule has 0 radical (unpaired) electrons. The molecule has 1 amide bonds. The number of anilines is 3. The maximum Gasteiger partial charge on any atom is 0.407 e.